The summed E-state index contributed by atoms with van der Waals surface area (Å²) in [5.41, 5.74) is 1.03. The van der Waals surface area contributed by atoms with E-state index < -0.39 is 0 Å². The summed E-state index contributed by atoms with van der Waals surface area (Å²) >= 11 is 6.00. The molecular formula is C9H16N2OS2. The summed E-state index contributed by atoms with van der Waals surface area (Å²) in [6.45, 7) is 1.47. The Hall–Kier alpha value is -0.100. The van der Waals surface area contributed by atoms with Gasteiger partial charge in [0.1, 0.15) is 5.01 Å². The summed E-state index contributed by atoms with van der Waals surface area (Å²) in [4.78, 5) is 7.84. The van der Waals surface area contributed by atoms with Crippen molar-refractivity contribution in [2.75, 3.05) is 21.2 Å². The SMILES string of the molecule is COCc1nc(CN(C)C)sc1CS. The summed E-state index contributed by atoms with van der Waals surface area (Å²) in [5, 5.41) is 1.13. The molecule has 0 saturated heterocycles. The van der Waals surface area contributed by atoms with Gasteiger partial charge in [-0.25, -0.2) is 4.98 Å². The Bertz CT molecular complexity index is 286. The molecular weight excluding hydrogens is 216 g/mol. The molecule has 0 unspecified atom stereocenters. The second kappa shape index (κ2) is 5.70. The fourth-order valence-electron chi connectivity index (χ4n) is 1.15. The van der Waals surface area contributed by atoms with E-state index in [1.54, 1.807) is 18.4 Å². The number of thiazole rings is 1. The molecule has 0 aromatic carbocycles. The number of thiol groups is 1. The quantitative estimate of drug-likeness (QED) is 0.784. The summed E-state index contributed by atoms with van der Waals surface area (Å²) in [6, 6.07) is 0. The minimum atomic E-state index is 0.583. The molecule has 0 aliphatic heterocycles. The van der Waals surface area contributed by atoms with E-state index >= 15 is 0 Å². The molecule has 0 atom stereocenters. The van der Waals surface area contributed by atoms with Crippen molar-refractivity contribution >= 4 is 24.0 Å². The van der Waals surface area contributed by atoms with Crippen LogP contribution in [0.1, 0.15) is 15.6 Å². The van der Waals surface area contributed by atoms with Crippen molar-refractivity contribution in [1.29, 1.82) is 0 Å². The maximum Gasteiger partial charge on any atom is 0.107 e. The molecule has 0 bridgehead atoms. The number of methoxy groups -OCH3 is 1. The average molecular weight is 232 g/mol. The first-order valence-corrected chi connectivity index (χ1v) is 5.84. The molecule has 1 aromatic heterocycles. The number of aromatic nitrogens is 1. The maximum absolute atomic E-state index is 5.09. The smallest absolute Gasteiger partial charge is 0.107 e. The highest BCUT2D eigenvalue weighted by atomic mass is 32.1. The van der Waals surface area contributed by atoms with Gasteiger partial charge in [0.15, 0.2) is 0 Å². The van der Waals surface area contributed by atoms with E-state index in [0.717, 1.165) is 23.0 Å². The maximum atomic E-state index is 5.09. The first-order chi connectivity index (χ1) is 6.67. The van der Waals surface area contributed by atoms with E-state index in [0.29, 0.717) is 6.61 Å². The molecule has 0 spiro atoms. The lowest BCUT2D eigenvalue weighted by Gasteiger charge is -2.04. The molecule has 1 heterocycles. The molecule has 1 rings (SSSR count). The molecule has 0 fully saturated rings. The third-order valence-corrected chi connectivity index (χ3v) is 3.31. The van der Waals surface area contributed by atoms with Gasteiger partial charge in [-0.1, -0.05) is 0 Å². The number of rotatable bonds is 5. The second-order valence-corrected chi connectivity index (χ2v) is 4.79. The van der Waals surface area contributed by atoms with Crippen LogP contribution in [0.25, 0.3) is 0 Å². The fraction of sp³-hybridized carbons (Fsp3) is 0.667. The van der Waals surface area contributed by atoms with Crippen LogP contribution in [0.5, 0.6) is 0 Å². The molecule has 3 nitrogen and oxygen atoms in total. The topological polar surface area (TPSA) is 25.4 Å². The van der Waals surface area contributed by atoms with Crippen LogP contribution in [0, 0.1) is 0 Å². The minimum absolute atomic E-state index is 0.583. The molecule has 80 valence electrons. The summed E-state index contributed by atoms with van der Waals surface area (Å²) < 4.78 is 5.09. The number of nitrogens with zero attached hydrogens (tertiary/aromatic N) is 2. The predicted octanol–water partition coefficient (Wildman–Crippen LogP) is 1.78. The monoisotopic (exact) mass is 232 g/mol. The first kappa shape index (κ1) is 12.0. The Labute approximate surface area is 94.5 Å². The van der Waals surface area contributed by atoms with Gasteiger partial charge in [-0.15, -0.1) is 11.3 Å². The van der Waals surface area contributed by atoms with E-state index in [-0.39, 0.29) is 0 Å². The van der Waals surface area contributed by atoms with E-state index in [1.165, 1.54) is 4.88 Å². The van der Waals surface area contributed by atoms with Crippen molar-refractivity contribution in [2.24, 2.45) is 0 Å². The lowest BCUT2D eigenvalue weighted by Crippen LogP contribution is -2.10. The molecule has 0 radical (unpaired) electrons. The first-order valence-electron chi connectivity index (χ1n) is 4.39. The minimum Gasteiger partial charge on any atom is -0.378 e. The van der Waals surface area contributed by atoms with Gasteiger partial charge in [-0.2, -0.15) is 12.6 Å². The molecule has 0 saturated carbocycles. The largest absolute Gasteiger partial charge is 0.378 e. The molecule has 5 heteroatoms. The molecule has 1 aromatic rings. The van der Waals surface area contributed by atoms with Crippen molar-refractivity contribution in [1.82, 2.24) is 9.88 Å². The molecule has 0 aliphatic rings. The molecule has 0 amide bonds. The van der Waals surface area contributed by atoms with Crippen LogP contribution >= 0.6 is 24.0 Å². The van der Waals surface area contributed by atoms with Gasteiger partial charge in [-0.3, -0.25) is 0 Å². The Morgan fingerprint density at radius 2 is 2.21 bits per heavy atom. The molecule has 0 N–H and O–H groups in total. The van der Waals surface area contributed by atoms with E-state index in [9.17, 15) is 0 Å². The van der Waals surface area contributed by atoms with Crippen LogP contribution in [0.15, 0.2) is 0 Å². The average Bonchev–Trinajstić information content (AvgIpc) is 2.47. The highest BCUT2D eigenvalue weighted by Gasteiger charge is 2.09. The standard InChI is InChI=1S/C9H16N2OS2/c1-11(2)4-9-10-7(5-12-3)8(6-13)14-9/h13H,4-6H2,1-3H3. The Morgan fingerprint density at radius 3 is 2.71 bits per heavy atom. The lowest BCUT2D eigenvalue weighted by molar-refractivity contribution is 0.181. The van der Waals surface area contributed by atoms with E-state index in [2.05, 4.69) is 22.5 Å². The van der Waals surface area contributed by atoms with Gasteiger partial charge in [0.2, 0.25) is 0 Å². The van der Waals surface area contributed by atoms with Gasteiger partial charge < -0.3 is 9.64 Å². The lowest BCUT2D eigenvalue weighted by atomic mass is 10.4. The molecule has 14 heavy (non-hydrogen) atoms. The van der Waals surface area contributed by atoms with Crippen LogP contribution < -0.4 is 0 Å². The number of hydrogen-bond acceptors (Lipinski definition) is 5. The van der Waals surface area contributed by atoms with Gasteiger partial charge in [0, 0.05) is 24.3 Å². The Balaban J connectivity index is 2.77. The van der Waals surface area contributed by atoms with Gasteiger partial charge in [-0.05, 0) is 14.1 Å². The van der Waals surface area contributed by atoms with Gasteiger partial charge in [0.05, 0.1) is 12.3 Å². The number of ether oxygens (including phenoxy) is 1. The highest BCUT2D eigenvalue weighted by Crippen LogP contribution is 2.21. The van der Waals surface area contributed by atoms with E-state index in [1.807, 2.05) is 14.1 Å². The van der Waals surface area contributed by atoms with Crippen LogP contribution in [0.2, 0.25) is 0 Å². The summed E-state index contributed by atoms with van der Waals surface area (Å²) in [7, 11) is 5.77. The summed E-state index contributed by atoms with van der Waals surface area (Å²) in [6.07, 6.45) is 0. The van der Waals surface area contributed by atoms with Crippen molar-refractivity contribution in [3.63, 3.8) is 0 Å². The number of hydrogen-bond donors (Lipinski definition) is 1. The second-order valence-electron chi connectivity index (χ2n) is 3.31. The van der Waals surface area contributed by atoms with Gasteiger partial charge in [0.25, 0.3) is 0 Å². The van der Waals surface area contributed by atoms with Crippen molar-refractivity contribution in [3.05, 3.63) is 15.6 Å². The van der Waals surface area contributed by atoms with Crippen LogP contribution in [-0.4, -0.2) is 31.1 Å². The van der Waals surface area contributed by atoms with Crippen LogP contribution in [0.4, 0.5) is 0 Å². The predicted molar refractivity (Wildman–Crippen MR) is 62.9 cm³/mol. The van der Waals surface area contributed by atoms with Gasteiger partial charge >= 0.3 is 0 Å². The van der Waals surface area contributed by atoms with Crippen molar-refractivity contribution in [2.45, 2.75) is 18.9 Å². The normalized spacial score (nSPS) is 11.2. The third kappa shape index (κ3) is 3.24. The Morgan fingerprint density at radius 1 is 1.50 bits per heavy atom. The van der Waals surface area contributed by atoms with E-state index in [4.69, 9.17) is 4.74 Å². The zero-order valence-corrected chi connectivity index (χ0v) is 10.5. The summed E-state index contributed by atoms with van der Waals surface area (Å²) in [5.74, 6) is 0.740. The van der Waals surface area contributed by atoms with Crippen molar-refractivity contribution in [3.8, 4) is 0 Å². The zero-order valence-electron chi connectivity index (χ0n) is 8.78. The highest BCUT2D eigenvalue weighted by molar-refractivity contribution is 7.79. The fourth-order valence-corrected chi connectivity index (χ4v) is 2.57. The van der Waals surface area contributed by atoms with Crippen LogP contribution in [0.3, 0.4) is 0 Å². The Kier molecular flexibility index (Phi) is 4.88. The zero-order chi connectivity index (χ0) is 10.6. The van der Waals surface area contributed by atoms with Crippen molar-refractivity contribution < 1.29 is 4.74 Å². The van der Waals surface area contributed by atoms with Crippen LogP contribution in [-0.2, 0) is 23.6 Å². The molecule has 0 aliphatic carbocycles. The third-order valence-electron chi connectivity index (χ3n) is 1.70.